The molecule has 1 atom stereocenters. The van der Waals surface area contributed by atoms with E-state index < -0.39 is 0 Å². The van der Waals surface area contributed by atoms with Crippen molar-refractivity contribution in [3.8, 4) is 0 Å². The van der Waals surface area contributed by atoms with E-state index in [-0.39, 0.29) is 29.5 Å². The van der Waals surface area contributed by atoms with Crippen molar-refractivity contribution in [2.75, 3.05) is 57.9 Å². The third-order valence-electron chi connectivity index (χ3n) is 6.71. The monoisotopic (exact) mass is 547 g/mol. The van der Waals surface area contributed by atoms with Crippen LogP contribution >= 0.6 is 35.6 Å². The molecule has 0 spiro atoms. The van der Waals surface area contributed by atoms with Crippen molar-refractivity contribution in [3.63, 3.8) is 0 Å². The Morgan fingerprint density at radius 1 is 1.23 bits per heavy atom. The highest BCUT2D eigenvalue weighted by atomic mass is 127. The van der Waals surface area contributed by atoms with Crippen LogP contribution in [0.1, 0.15) is 32.1 Å². The summed E-state index contributed by atoms with van der Waals surface area (Å²) in [5.41, 5.74) is 1.40. The van der Waals surface area contributed by atoms with Gasteiger partial charge >= 0.3 is 0 Å². The molecule has 8 heteroatoms. The Morgan fingerprint density at radius 3 is 2.70 bits per heavy atom. The van der Waals surface area contributed by atoms with Gasteiger partial charge in [-0.2, -0.15) is 0 Å². The molecule has 1 aromatic carbocycles. The first-order chi connectivity index (χ1) is 14.2. The molecule has 3 aliphatic heterocycles. The molecular formula is C22H35ClIN5O. The molecule has 0 aliphatic carbocycles. The molecule has 0 amide bonds. The van der Waals surface area contributed by atoms with Crippen molar-refractivity contribution in [2.24, 2.45) is 4.99 Å². The minimum Gasteiger partial charge on any atom is -0.381 e. The molecule has 168 valence electrons. The zero-order valence-electron chi connectivity index (χ0n) is 17.9. The average Bonchev–Trinajstić information content (AvgIpc) is 3.44. The summed E-state index contributed by atoms with van der Waals surface area (Å²) < 4.78 is 5.67. The number of nitrogens with zero attached hydrogens (tertiary/aromatic N) is 3. The Hall–Kier alpha value is -0.770. The molecule has 3 saturated heterocycles. The Bertz CT molecular complexity index is 707. The Morgan fingerprint density at radius 2 is 2.00 bits per heavy atom. The van der Waals surface area contributed by atoms with E-state index in [4.69, 9.17) is 16.3 Å². The van der Waals surface area contributed by atoms with Crippen LogP contribution in [0.25, 0.3) is 0 Å². The summed E-state index contributed by atoms with van der Waals surface area (Å²) in [6.45, 7) is 7.08. The van der Waals surface area contributed by atoms with E-state index >= 15 is 0 Å². The minimum atomic E-state index is 0. The number of likely N-dealkylation sites (tertiary alicyclic amines) is 1. The molecule has 1 unspecified atom stereocenters. The molecule has 6 nitrogen and oxygen atoms in total. The van der Waals surface area contributed by atoms with E-state index in [2.05, 4.69) is 31.5 Å². The van der Waals surface area contributed by atoms with Gasteiger partial charge in [-0.3, -0.25) is 9.89 Å². The van der Waals surface area contributed by atoms with Crippen LogP contribution in [-0.4, -0.2) is 75.4 Å². The first-order valence-electron chi connectivity index (χ1n) is 11.0. The number of hydrogen-bond acceptors (Lipinski definition) is 4. The number of rotatable bonds is 5. The van der Waals surface area contributed by atoms with Gasteiger partial charge in [-0.05, 0) is 63.4 Å². The summed E-state index contributed by atoms with van der Waals surface area (Å²) in [5.74, 6) is 0.910. The van der Waals surface area contributed by atoms with E-state index in [1.807, 2.05) is 25.2 Å². The van der Waals surface area contributed by atoms with Crippen LogP contribution in [0.2, 0.25) is 5.02 Å². The van der Waals surface area contributed by atoms with Gasteiger partial charge in [-0.1, -0.05) is 17.7 Å². The maximum absolute atomic E-state index is 6.16. The van der Waals surface area contributed by atoms with Gasteiger partial charge < -0.3 is 20.3 Å². The summed E-state index contributed by atoms with van der Waals surface area (Å²) >= 11 is 6.16. The van der Waals surface area contributed by atoms with Crippen molar-refractivity contribution in [3.05, 3.63) is 29.3 Å². The lowest BCUT2D eigenvalue weighted by molar-refractivity contribution is -0.0164. The van der Waals surface area contributed by atoms with Crippen molar-refractivity contribution in [2.45, 2.75) is 43.7 Å². The molecule has 0 saturated carbocycles. The fourth-order valence-electron chi connectivity index (χ4n) is 4.97. The highest BCUT2D eigenvalue weighted by Crippen LogP contribution is 2.31. The topological polar surface area (TPSA) is 52.1 Å². The second kappa shape index (κ2) is 11.2. The standard InChI is InChI=1S/C22H34ClN5O.HI/c1-24-21(25-17-22(8-13-29-14-9-22)28-10-2-3-11-28)26-19-7-12-27(16-19)20-6-4-5-18(23)15-20;/h4-6,15,19H,2-3,7-14,16-17H2,1H3,(H2,24,25,26);1H. The summed E-state index contributed by atoms with van der Waals surface area (Å²) in [6, 6.07) is 8.51. The maximum atomic E-state index is 6.16. The number of guanidine groups is 1. The van der Waals surface area contributed by atoms with Gasteiger partial charge in [-0.15, -0.1) is 24.0 Å². The summed E-state index contributed by atoms with van der Waals surface area (Å²) in [5, 5.41) is 8.08. The van der Waals surface area contributed by atoms with Gasteiger partial charge in [0, 0.05) is 62.2 Å². The molecule has 0 aromatic heterocycles. The number of anilines is 1. The quantitative estimate of drug-likeness (QED) is 0.336. The van der Waals surface area contributed by atoms with Crippen molar-refractivity contribution in [1.82, 2.24) is 15.5 Å². The highest BCUT2D eigenvalue weighted by Gasteiger charge is 2.39. The molecule has 30 heavy (non-hydrogen) atoms. The maximum Gasteiger partial charge on any atom is 0.191 e. The zero-order valence-corrected chi connectivity index (χ0v) is 21.0. The SMILES string of the molecule is CN=C(NCC1(N2CCCC2)CCOCC1)NC1CCN(c2cccc(Cl)c2)C1.I. The van der Waals surface area contributed by atoms with Crippen LogP contribution in [0.4, 0.5) is 5.69 Å². The molecule has 1 aromatic rings. The number of ether oxygens (including phenoxy) is 1. The lowest BCUT2D eigenvalue weighted by atomic mass is 9.88. The van der Waals surface area contributed by atoms with Crippen LogP contribution < -0.4 is 15.5 Å². The summed E-state index contributed by atoms with van der Waals surface area (Å²) in [7, 11) is 1.87. The molecule has 3 heterocycles. The number of aliphatic imine (C=N–C) groups is 1. The van der Waals surface area contributed by atoms with Gasteiger partial charge in [0.15, 0.2) is 5.96 Å². The van der Waals surface area contributed by atoms with Crippen molar-refractivity contribution < 1.29 is 4.74 Å². The second-order valence-corrected chi connectivity index (χ2v) is 8.95. The van der Waals surface area contributed by atoms with E-state index in [0.29, 0.717) is 6.04 Å². The fourth-order valence-corrected chi connectivity index (χ4v) is 5.15. The minimum absolute atomic E-state index is 0. The lowest BCUT2D eigenvalue weighted by Crippen LogP contribution is -2.59. The largest absolute Gasteiger partial charge is 0.381 e. The van der Waals surface area contributed by atoms with E-state index in [1.165, 1.54) is 31.6 Å². The van der Waals surface area contributed by atoms with Crippen LogP contribution in [0.5, 0.6) is 0 Å². The Labute approximate surface area is 202 Å². The second-order valence-electron chi connectivity index (χ2n) is 8.51. The molecule has 3 fully saturated rings. The predicted octanol–water partition coefficient (Wildman–Crippen LogP) is 3.35. The summed E-state index contributed by atoms with van der Waals surface area (Å²) in [6.07, 6.45) is 5.93. The van der Waals surface area contributed by atoms with Gasteiger partial charge in [0.2, 0.25) is 0 Å². The first-order valence-corrected chi connectivity index (χ1v) is 11.4. The third-order valence-corrected chi connectivity index (χ3v) is 6.95. The number of benzene rings is 1. The molecule has 0 radical (unpaired) electrons. The fraction of sp³-hybridized carbons (Fsp3) is 0.682. The van der Waals surface area contributed by atoms with E-state index in [9.17, 15) is 0 Å². The molecule has 0 bridgehead atoms. The number of hydrogen-bond donors (Lipinski definition) is 2. The average molecular weight is 548 g/mol. The third kappa shape index (κ3) is 5.72. The molecule has 3 aliphatic rings. The molecule has 2 N–H and O–H groups in total. The Kier molecular flexibility index (Phi) is 8.92. The van der Waals surface area contributed by atoms with Gasteiger partial charge in [0.05, 0.1) is 0 Å². The summed E-state index contributed by atoms with van der Waals surface area (Å²) in [4.78, 5) is 9.59. The van der Waals surface area contributed by atoms with Crippen LogP contribution in [-0.2, 0) is 4.74 Å². The lowest BCUT2D eigenvalue weighted by Gasteiger charge is -2.45. The van der Waals surface area contributed by atoms with Crippen LogP contribution in [0, 0.1) is 0 Å². The van der Waals surface area contributed by atoms with Crippen molar-refractivity contribution >= 4 is 47.2 Å². The zero-order chi connectivity index (χ0) is 20.1. The predicted molar refractivity (Wildman–Crippen MR) is 136 cm³/mol. The van der Waals surface area contributed by atoms with Crippen LogP contribution in [0.3, 0.4) is 0 Å². The normalized spacial score (nSPS) is 24.5. The van der Waals surface area contributed by atoms with Crippen molar-refractivity contribution in [1.29, 1.82) is 0 Å². The Balaban J connectivity index is 0.00000256. The van der Waals surface area contributed by atoms with Gasteiger partial charge in [0.1, 0.15) is 0 Å². The van der Waals surface area contributed by atoms with Gasteiger partial charge in [-0.25, -0.2) is 0 Å². The van der Waals surface area contributed by atoms with Crippen LogP contribution in [0.15, 0.2) is 29.3 Å². The number of halogens is 2. The number of nitrogens with one attached hydrogen (secondary N) is 2. The van der Waals surface area contributed by atoms with E-state index in [1.54, 1.807) is 0 Å². The first kappa shape index (κ1) is 23.9. The van der Waals surface area contributed by atoms with E-state index in [0.717, 1.165) is 63.1 Å². The van der Waals surface area contributed by atoms with Gasteiger partial charge in [0.25, 0.3) is 0 Å². The molecular weight excluding hydrogens is 513 g/mol. The smallest absolute Gasteiger partial charge is 0.191 e. The molecule has 4 rings (SSSR count). The highest BCUT2D eigenvalue weighted by molar-refractivity contribution is 14.0.